The van der Waals surface area contributed by atoms with Crippen molar-refractivity contribution in [2.75, 3.05) is 16.2 Å². The van der Waals surface area contributed by atoms with Crippen LogP contribution in [0.2, 0.25) is 10.0 Å². The zero-order chi connectivity index (χ0) is 21.0. The van der Waals surface area contributed by atoms with Gasteiger partial charge in [-0.3, -0.25) is 9.10 Å². The summed E-state index contributed by atoms with van der Waals surface area (Å²) in [6, 6.07) is 19.3. The van der Waals surface area contributed by atoms with Crippen LogP contribution in [-0.4, -0.2) is 20.9 Å². The van der Waals surface area contributed by atoms with Crippen molar-refractivity contribution in [3.63, 3.8) is 0 Å². The molecule has 8 heteroatoms. The first-order chi connectivity index (χ1) is 13.8. The average Bonchev–Trinajstić information content (AvgIpc) is 2.70. The van der Waals surface area contributed by atoms with Gasteiger partial charge in [-0.05, 0) is 67.1 Å². The molecular formula is C21H18Cl2N2O3S. The smallest absolute Gasteiger partial charge is 0.264 e. The molecule has 0 aliphatic carbocycles. The van der Waals surface area contributed by atoms with Crippen molar-refractivity contribution in [1.82, 2.24) is 0 Å². The molecule has 0 aliphatic rings. The van der Waals surface area contributed by atoms with Crippen LogP contribution >= 0.6 is 23.2 Å². The Kier molecular flexibility index (Phi) is 6.47. The fourth-order valence-corrected chi connectivity index (χ4v) is 4.52. The number of nitrogens with zero attached hydrogens (tertiary/aromatic N) is 1. The van der Waals surface area contributed by atoms with Crippen molar-refractivity contribution in [3.05, 3.63) is 88.4 Å². The van der Waals surface area contributed by atoms with Crippen LogP contribution in [0.5, 0.6) is 0 Å². The van der Waals surface area contributed by atoms with Crippen molar-refractivity contribution in [3.8, 4) is 0 Å². The Morgan fingerprint density at radius 1 is 0.931 bits per heavy atom. The van der Waals surface area contributed by atoms with Crippen molar-refractivity contribution in [2.24, 2.45) is 0 Å². The van der Waals surface area contributed by atoms with Crippen molar-refractivity contribution in [1.29, 1.82) is 0 Å². The molecule has 0 aromatic heterocycles. The molecule has 0 saturated heterocycles. The van der Waals surface area contributed by atoms with E-state index in [1.54, 1.807) is 67.6 Å². The molecule has 3 aromatic rings. The molecule has 1 N–H and O–H groups in total. The Labute approximate surface area is 179 Å². The Morgan fingerprint density at radius 2 is 1.55 bits per heavy atom. The van der Waals surface area contributed by atoms with Crippen LogP contribution in [0.4, 0.5) is 11.4 Å². The van der Waals surface area contributed by atoms with Crippen LogP contribution in [0.1, 0.15) is 5.56 Å². The Bertz CT molecular complexity index is 1120. The van der Waals surface area contributed by atoms with Crippen LogP contribution in [0, 0.1) is 6.92 Å². The number of amides is 1. The number of sulfonamides is 1. The van der Waals surface area contributed by atoms with E-state index < -0.39 is 22.5 Å². The van der Waals surface area contributed by atoms with Crippen LogP contribution in [0.25, 0.3) is 0 Å². The molecule has 3 rings (SSSR count). The van der Waals surface area contributed by atoms with Gasteiger partial charge in [0.2, 0.25) is 5.91 Å². The molecule has 0 spiro atoms. The molecule has 0 fully saturated rings. The number of nitrogens with one attached hydrogen (secondary N) is 1. The predicted octanol–water partition coefficient (Wildman–Crippen LogP) is 5.14. The number of halogens is 2. The summed E-state index contributed by atoms with van der Waals surface area (Å²) in [7, 11) is -3.96. The Hall–Kier alpha value is -2.54. The first-order valence-electron chi connectivity index (χ1n) is 8.67. The summed E-state index contributed by atoms with van der Waals surface area (Å²) in [5.41, 5.74) is 1.67. The van der Waals surface area contributed by atoms with Crippen molar-refractivity contribution >= 4 is 50.5 Å². The Balaban J connectivity index is 1.93. The van der Waals surface area contributed by atoms with Crippen LogP contribution < -0.4 is 9.62 Å². The summed E-state index contributed by atoms with van der Waals surface area (Å²) in [6.45, 7) is 1.40. The molecule has 0 aliphatic heterocycles. The van der Waals surface area contributed by atoms with Crippen LogP contribution in [0.15, 0.2) is 77.7 Å². The van der Waals surface area contributed by atoms with Crippen LogP contribution in [0.3, 0.4) is 0 Å². The van der Waals surface area contributed by atoms with E-state index in [1.165, 1.54) is 12.1 Å². The van der Waals surface area contributed by atoms with E-state index >= 15 is 0 Å². The summed E-state index contributed by atoms with van der Waals surface area (Å²) < 4.78 is 27.5. The molecule has 0 heterocycles. The molecule has 1 amide bonds. The van der Waals surface area contributed by atoms with Gasteiger partial charge in [0, 0.05) is 15.7 Å². The summed E-state index contributed by atoms with van der Waals surface area (Å²) >= 11 is 11.9. The van der Waals surface area contributed by atoms with Gasteiger partial charge in [0.1, 0.15) is 6.54 Å². The zero-order valence-electron chi connectivity index (χ0n) is 15.5. The van der Waals surface area contributed by atoms with Gasteiger partial charge in [0.15, 0.2) is 0 Å². The normalized spacial score (nSPS) is 11.1. The van der Waals surface area contributed by atoms with E-state index in [0.717, 1.165) is 9.87 Å². The van der Waals surface area contributed by atoms with E-state index in [9.17, 15) is 13.2 Å². The van der Waals surface area contributed by atoms with Gasteiger partial charge in [0.25, 0.3) is 10.0 Å². The zero-order valence-corrected chi connectivity index (χ0v) is 17.8. The maximum Gasteiger partial charge on any atom is 0.264 e. The summed E-state index contributed by atoms with van der Waals surface area (Å²) in [5.74, 6) is -0.482. The number of rotatable bonds is 6. The number of anilines is 2. The molecule has 0 saturated carbocycles. The SMILES string of the molecule is Cc1cc(Cl)ccc1NC(=O)CN(c1ccc(Cl)cc1)S(=O)(=O)c1ccccc1. The third-order valence-electron chi connectivity index (χ3n) is 4.20. The van der Waals surface area contributed by atoms with Gasteiger partial charge in [-0.25, -0.2) is 8.42 Å². The third-order valence-corrected chi connectivity index (χ3v) is 6.47. The van der Waals surface area contributed by atoms with Gasteiger partial charge in [-0.1, -0.05) is 41.4 Å². The maximum absolute atomic E-state index is 13.2. The molecule has 0 radical (unpaired) electrons. The van der Waals surface area contributed by atoms with Crippen molar-refractivity contribution in [2.45, 2.75) is 11.8 Å². The van der Waals surface area contributed by atoms with Gasteiger partial charge in [0.05, 0.1) is 10.6 Å². The summed E-state index contributed by atoms with van der Waals surface area (Å²) in [4.78, 5) is 12.8. The molecule has 3 aromatic carbocycles. The molecular weight excluding hydrogens is 431 g/mol. The summed E-state index contributed by atoms with van der Waals surface area (Å²) in [5, 5.41) is 3.76. The lowest BCUT2D eigenvalue weighted by atomic mass is 10.2. The number of carbonyl (C=O) groups is 1. The highest BCUT2D eigenvalue weighted by Gasteiger charge is 2.27. The third kappa shape index (κ3) is 5.09. The molecule has 29 heavy (non-hydrogen) atoms. The summed E-state index contributed by atoms with van der Waals surface area (Å²) in [6.07, 6.45) is 0. The fraction of sp³-hybridized carbons (Fsp3) is 0.0952. The molecule has 5 nitrogen and oxygen atoms in total. The second-order valence-electron chi connectivity index (χ2n) is 6.31. The molecule has 0 unspecified atom stereocenters. The molecule has 0 bridgehead atoms. The highest BCUT2D eigenvalue weighted by molar-refractivity contribution is 7.92. The fourth-order valence-electron chi connectivity index (χ4n) is 2.73. The van der Waals surface area contributed by atoms with Gasteiger partial charge >= 0.3 is 0 Å². The lowest BCUT2D eigenvalue weighted by Gasteiger charge is -2.24. The number of benzene rings is 3. The number of carbonyl (C=O) groups excluding carboxylic acids is 1. The van der Waals surface area contributed by atoms with Gasteiger partial charge < -0.3 is 5.32 Å². The molecule has 0 atom stereocenters. The lowest BCUT2D eigenvalue weighted by Crippen LogP contribution is -2.38. The van der Waals surface area contributed by atoms with E-state index in [2.05, 4.69) is 5.32 Å². The first kappa shape index (κ1) is 21.2. The van der Waals surface area contributed by atoms with Gasteiger partial charge in [-0.15, -0.1) is 0 Å². The Morgan fingerprint density at radius 3 is 2.17 bits per heavy atom. The van der Waals surface area contributed by atoms with E-state index in [-0.39, 0.29) is 4.90 Å². The monoisotopic (exact) mass is 448 g/mol. The lowest BCUT2D eigenvalue weighted by molar-refractivity contribution is -0.114. The number of hydrogen-bond donors (Lipinski definition) is 1. The predicted molar refractivity (Wildman–Crippen MR) is 117 cm³/mol. The van der Waals surface area contributed by atoms with E-state index in [1.807, 2.05) is 0 Å². The highest BCUT2D eigenvalue weighted by Crippen LogP contribution is 2.26. The largest absolute Gasteiger partial charge is 0.324 e. The topological polar surface area (TPSA) is 66.5 Å². The van der Waals surface area contributed by atoms with E-state index in [0.29, 0.717) is 21.4 Å². The van der Waals surface area contributed by atoms with Crippen molar-refractivity contribution < 1.29 is 13.2 Å². The van der Waals surface area contributed by atoms with Crippen LogP contribution in [-0.2, 0) is 14.8 Å². The second kappa shape index (κ2) is 8.86. The standard InChI is InChI=1S/C21H18Cl2N2O3S/c1-15-13-17(23)9-12-20(15)24-21(26)14-25(18-10-7-16(22)8-11-18)29(27,28)19-5-3-2-4-6-19/h2-13H,14H2,1H3,(H,24,26). The first-order valence-corrected chi connectivity index (χ1v) is 10.9. The number of aryl methyl sites for hydroxylation is 1. The molecule has 150 valence electrons. The highest BCUT2D eigenvalue weighted by atomic mass is 35.5. The van der Waals surface area contributed by atoms with E-state index in [4.69, 9.17) is 23.2 Å². The maximum atomic E-state index is 13.2. The minimum absolute atomic E-state index is 0.0884. The minimum atomic E-state index is -3.96. The number of hydrogen-bond acceptors (Lipinski definition) is 3. The average molecular weight is 449 g/mol. The van der Waals surface area contributed by atoms with Gasteiger partial charge in [-0.2, -0.15) is 0 Å². The second-order valence-corrected chi connectivity index (χ2v) is 9.04. The minimum Gasteiger partial charge on any atom is -0.324 e. The quantitative estimate of drug-likeness (QED) is 0.567.